The third-order valence-corrected chi connectivity index (χ3v) is 3.95. The predicted molar refractivity (Wildman–Crippen MR) is 75.3 cm³/mol. The maximum atomic E-state index is 11.1. The Hall–Kier alpha value is -2.11. The fourth-order valence-electron chi connectivity index (χ4n) is 2.65. The van der Waals surface area contributed by atoms with E-state index >= 15 is 0 Å². The van der Waals surface area contributed by atoms with Crippen LogP contribution in [0.5, 0.6) is 0 Å². The molecule has 1 heterocycles. The smallest absolute Gasteiger partial charge is 0.335 e. The highest BCUT2D eigenvalue weighted by Crippen LogP contribution is 2.33. The monoisotopic (exact) mass is 278 g/mol. The van der Waals surface area contributed by atoms with Crippen molar-refractivity contribution in [2.75, 3.05) is 18.0 Å². The summed E-state index contributed by atoms with van der Waals surface area (Å²) in [6.45, 7) is 3.62. The quantitative estimate of drug-likeness (QED) is 0.676. The van der Waals surface area contributed by atoms with Crippen molar-refractivity contribution in [3.8, 4) is 0 Å². The van der Waals surface area contributed by atoms with Gasteiger partial charge in [-0.2, -0.15) is 0 Å². The molecule has 1 aliphatic rings. The summed E-state index contributed by atoms with van der Waals surface area (Å²) in [6.07, 6.45) is 3.10. The number of hydrogen-bond donors (Lipinski definition) is 1. The average Bonchev–Trinajstić information content (AvgIpc) is 2.46. The molecule has 0 aliphatic carbocycles. The summed E-state index contributed by atoms with van der Waals surface area (Å²) >= 11 is 0. The Kier molecular flexibility index (Phi) is 4.22. The van der Waals surface area contributed by atoms with Gasteiger partial charge < -0.3 is 10.0 Å². The number of nitrogens with zero attached hydrogens (tertiary/aromatic N) is 2. The molecule has 0 saturated carbocycles. The molecule has 6 heteroatoms. The SMILES string of the molecule is CCC1CCN(c2cc(C(=O)O)ccc2[N+](=O)[O-])CC1. The van der Waals surface area contributed by atoms with Crippen LogP contribution in [0.1, 0.15) is 36.5 Å². The Labute approximate surface area is 117 Å². The second kappa shape index (κ2) is 5.90. The number of carbonyl (C=O) groups is 1. The number of nitro groups is 1. The summed E-state index contributed by atoms with van der Waals surface area (Å²) in [4.78, 5) is 23.6. The van der Waals surface area contributed by atoms with Gasteiger partial charge in [0.1, 0.15) is 5.69 Å². The predicted octanol–water partition coefficient (Wildman–Crippen LogP) is 2.92. The third-order valence-electron chi connectivity index (χ3n) is 3.95. The number of carboxylic acids is 1. The molecular weight excluding hydrogens is 260 g/mol. The van der Waals surface area contributed by atoms with Gasteiger partial charge in [-0.05, 0) is 30.9 Å². The molecule has 1 aromatic carbocycles. The lowest BCUT2D eigenvalue weighted by Gasteiger charge is -2.32. The van der Waals surface area contributed by atoms with Crippen LogP contribution < -0.4 is 4.90 Å². The molecule has 20 heavy (non-hydrogen) atoms. The van der Waals surface area contributed by atoms with E-state index in [2.05, 4.69) is 6.92 Å². The summed E-state index contributed by atoms with van der Waals surface area (Å²) in [6, 6.07) is 3.97. The summed E-state index contributed by atoms with van der Waals surface area (Å²) in [5.41, 5.74) is 0.484. The van der Waals surface area contributed by atoms with Crippen LogP contribution in [0.15, 0.2) is 18.2 Å². The van der Waals surface area contributed by atoms with Gasteiger partial charge in [-0.3, -0.25) is 10.1 Å². The molecule has 0 aromatic heterocycles. The molecular formula is C14H18N2O4. The fourth-order valence-corrected chi connectivity index (χ4v) is 2.65. The minimum absolute atomic E-state index is 0.0232. The van der Waals surface area contributed by atoms with E-state index in [1.54, 1.807) is 0 Å². The van der Waals surface area contributed by atoms with Gasteiger partial charge in [0, 0.05) is 19.2 Å². The van der Waals surface area contributed by atoms with Crippen LogP contribution in [0.3, 0.4) is 0 Å². The fraction of sp³-hybridized carbons (Fsp3) is 0.500. The van der Waals surface area contributed by atoms with E-state index in [4.69, 9.17) is 5.11 Å². The first kappa shape index (κ1) is 14.3. The number of nitro benzene ring substituents is 1. The van der Waals surface area contributed by atoms with Gasteiger partial charge in [-0.15, -0.1) is 0 Å². The Morgan fingerprint density at radius 1 is 1.45 bits per heavy atom. The van der Waals surface area contributed by atoms with Crippen molar-refractivity contribution in [2.45, 2.75) is 26.2 Å². The number of aromatic carboxylic acids is 1. The lowest BCUT2D eigenvalue weighted by molar-refractivity contribution is -0.384. The van der Waals surface area contributed by atoms with E-state index in [-0.39, 0.29) is 11.3 Å². The lowest BCUT2D eigenvalue weighted by atomic mass is 9.94. The zero-order valence-corrected chi connectivity index (χ0v) is 11.4. The average molecular weight is 278 g/mol. The van der Waals surface area contributed by atoms with Crippen LogP contribution in [-0.2, 0) is 0 Å². The molecule has 1 saturated heterocycles. The Balaban J connectivity index is 2.31. The molecule has 0 unspecified atom stereocenters. The van der Waals surface area contributed by atoms with Gasteiger partial charge in [0.2, 0.25) is 0 Å². The third kappa shape index (κ3) is 2.89. The minimum atomic E-state index is -1.07. The molecule has 1 aromatic rings. The molecule has 0 radical (unpaired) electrons. The van der Waals surface area contributed by atoms with Gasteiger partial charge >= 0.3 is 5.97 Å². The number of anilines is 1. The molecule has 0 bridgehead atoms. The highest BCUT2D eigenvalue weighted by atomic mass is 16.6. The number of benzene rings is 1. The normalized spacial score (nSPS) is 16.1. The Morgan fingerprint density at radius 2 is 2.10 bits per heavy atom. The topological polar surface area (TPSA) is 83.7 Å². The van der Waals surface area contributed by atoms with E-state index in [0.29, 0.717) is 11.6 Å². The highest BCUT2D eigenvalue weighted by molar-refractivity contribution is 5.90. The van der Waals surface area contributed by atoms with Crippen LogP contribution in [0.4, 0.5) is 11.4 Å². The molecule has 6 nitrogen and oxygen atoms in total. The molecule has 1 aliphatic heterocycles. The van der Waals surface area contributed by atoms with Gasteiger partial charge in [0.15, 0.2) is 0 Å². The highest BCUT2D eigenvalue weighted by Gasteiger charge is 2.25. The van der Waals surface area contributed by atoms with E-state index < -0.39 is 10.9 Å². The van der Waals surface area contributed by atoms with Crippen molar-refractivity contribution in [1.82, 2.24) is 0 Å². The molecule has 0 amide bonds. The van der Waals surface area contributed by atoms with Crippen LogP contribution in [0, 0.1) is 16.0 Å². The van der Waals surface area contributed by atoms with Crippen molar-refractivity contribution < 1.29 is 14.8 Å². The Morgan fingerprint density at radius 3 is 2.60 bits per heavy atom. The molecule has 2 rings (SSSR count). The van der Waals surface area contributed by atoms with Gasteiger partial charge in [0.05, 0.1) is 10.5 Å². The van der Waals surface area contributed by atoms with Crippen LogP contribution >= 0.6 is 0 Å². The van der Waals surface area contributed by atoms with Crippen molar-refractivity contribution in [3.05, 3.63) is 33.9 Å². The van der Waals surface area contributed by atoms with Crippen LogP contribution in [-0.4, -0.2) is 29.1 Å². The molecule has 0 spiro atoms. The number of rotatable bonds is 4. The van der Waals surface area contributed by atoms with Crippen molar-refractivity contribution in [3.63, 3.8) is 0 Å². The zero-order chi connectivity index (χ0) is 14.7. The minimum Gasteiger partial charge on any atom is -0.478 e. The molecule has 1 fully saturated rings. The largest absolute Gasteiger partial charge is 0.478 e. The summed E-state index contributed by atoms with van der Waals surface area (Å²) in [5, 5.41) is 20.1. The van der Waals surface area contributed by atoms with Crippen LogP contribution in [0.2, 0.25) is 0 Å². The standard InChI is InChI=1S/C14H18N2O4/c1-2-10-5-7-15(8-6-10)13-9-11(14(17)18)3-4-12(13)16(19)20/h3-4,9-10H,2,5-8H2,1H3,(H,17,18). The number of hydrogen-bond acceptors (Lipinski definition) is 4. The number of piperidine rings is 1. The Bertz CT molecular complexity index is 522. The summed E-state index contributed by atoms with van der Waals surface area (Å²) in [5.74, 6) is -0.405. The summed E-state index contributed by atoms with van der Waals surface area (Å²) < 4.78 is 0. The first-order valence-electron chi connectivity index (χ1n) is 6.79. The van der Waals surface area contributed by atoms with Crippen molar-refractivity contribution in [2.24, 2.45) is 5.92 Å². The van der Waals surface area contributed by atoms with E-state index in [0.717, 1.165) is 32.4 Å². The number of carboxylic acid groups (broad SMARTS) is 1. The summed E-state index contributed by atoms with van der Waals surface area (Å²) in [7, 11) is 0. The van der Waals surface area contributed by atoms with Gasteiger partial charge in [-0.25, -0.2) is 4.79 Å². The van der Waals surface area contributed by atoms with Gasteiger partial charge in [-0.1, -0.05) is 13.3 Å². The van der Waals surface area contributed by atoms with Crippen molar-refractivity contribution in [1.29, 1.82) is 0 Å². The molecule has 0 atom stereocenters. The van der Waals surface area contributed by atoms with E-state index in [1.807, 2.05) is 4.90 Å². The van der Waals surface area contributed by atoms with Gasteiger partial charge in [0.25, 0.3) is 5.69 Å². The lowest BCUT2D eigenvalue weighted by Crippen LogP contribution is -2.34. The molecule has 108 valence electrons. The van der Waals surface area contributed by atoms with Crippen LogP contribution in [0.25, 0.3) is 0 Å². The first-order chi connectivity index (χ1) is 9.52. The maximum Gasteiger partial charge on any atom is 0.335 e. The van der Waals surface area contributed by atoms with E-state index in [1.165, 1.54) is 18.2 Å². The van der Waals surface area contributed by atoms with Crippen molar-refractivity contribution >= 4 is 17.3 Å². The maximum absolute atomic E-state index is 11.1. The first-order valence-corrected chi connectivity index (χ1v) is 6.79. The second-order valence-electron chi connectivity index (χ2n) is 5.10. The molecule has 1 N–H and O–H groups in total. The second-order valence-corrected chi connectivity index (χ2v) is 5.10. The zero-order valence-electron chi connectivity index (χ0n) is 11.4. The van der Waals surface area contributed by atoms with E-state index in [9.17, 15) is 14.9 Å².